The summed E-state index contributed by atoms with van der Waals surface area (Å²) in [6, 6.07) is 0. The quantitative estimate of drug-likeness (QED) is 0.760. The molecule has 2 N–H and O–H groups in total. The van der Waals surface area contributed by atoms with Crippen LogP contribution in [0, 0.1) is 11.8 Å². The summed E-state index contributed by atoms with van der Waals surface area (Å²) in [6.45, 7) is 1.39. The van der Waals surface area contributed by atoms with Crippen LogP contribution in [-0.2, 0) is 14.6 Å². The maximum Gasteiger partial charge on any atom is 0.349 e. The number of rotatable bonds is 2. The molecule has 2 fully saturated rings. The van der Waals surface area contributed by atoms with Gasteiger partial charge in [0, 0.05) is 13.1 Å². The largest absolute Gasteiger partial charge is 0.349 e. The molecule has 0 radical (unpaired) electrons. The first-order valence-corrected chi connectivity index (χ1v) is 6.99. The Bertz CT molecular complexity index is 317. The SMILES string of the molecule is NS(=O)(=O)ON1CCC2CCCCC2C1. The van der Waals surface area contributed by atoms with E-state index in [2.05, 4.69) is 0 Å². The Morgan fingerprint density at radius 1 is 1.13 bits per heavy atom. The summed E-state index contributed by atoms with van der Waals surface area (Å²) in [5.41, 5.74) is 0. The van der Waals surface area contributed by atoms with Gasteiger partial charge in [0.1, 0.15) is 0 Å². The minimum atomic E-state index is -3.84. The highest BCUT2D eigenvalue weighted by atomic mass is 32.2. The van der Waals surface area contributed by atoms with E-state index in [1.807, 2.05) is 0 Å². The molecule has 1 heterocycles. The van der Waals surface area contributed by atoms with Crippen molar-refractivity contribution in [3.8, 4) is 0 Å². The van der Waals surface area contributed by atoms with Crippen LogP contribution in [-0.4, -0.2) is 26.6 Å². The van der Waals surface area contributed by atoms with Gasteiger partial charge in [-0.1, -0.05) is 19.3 Å². The van der Waals surface area contributed by atoms with Crippen LogP contribution in [0.1, 0.15) is 32.1 Å². The van der Waals surface area contributed by atoms with Crippen molar-refractivity contribution in [2.45, 2.75) is 32.1 Å². The standard InChI is InChI=1S/C9H18N2O3S/c10-15(12,13)14-11-6-5-8-3-1-2-4-9(8)7-11/h8-9H,1-7H2,(H2,10,12,13). The molecule has 0 amide bonds. The van der Waals surface area contributed by atoms with Crippen LogP contribution in [0.25, 0.3) is 0 Å². The summed E-state index contributed by atoms with van der Waals surface area (Å²) in [5.74, 6) is 1.35. The van der Waals surface area contributed by atoms with Crippen LogP contribution in [0.2, 0.25) is 0 Å². The zero-order valence-electron chi connectivity index (χ0n) is 8.76. The maximum absolute atomic E-state index is 10.8. The van der Waals surface area contributed by atoms with E-state index in [0.717, 1.165) is 12.3 Å². The van der Waals surface area contributed by atoms with Crippen LogP contribution in [0.3, 0.4) is 0 Å². The van der Waals surface area contributed by atoms with Gasteiger partial charge in [-0.05, 0) is 24.7 Å². The zero-order valence-corrected chi connectivity index (χ0v) is 9.58. The number of nitrogens with two attached hydrogens (primary N) is 1. The number of hydrogen-bond donors (Lipinski definition) is 1. The van der Waals surface area contributed by atoms with Crippen LogP contribution in [0.4, 0.5) is 0 Å². The van der Waals surface area contributed by atoms with E-state index in [-0.39, 0.29) is 0 Å². The second kappa shape index (κ2) is 4.37. The summed E-state index contributed by atoms with van der Waals surface area (Å²) >= 11 is 0. The molecule has 1 saturated carbocycles. The molecule has 0 aromatic carbocycles. The van der Waals surface area contributed by atoms with Crippen LogP contribution in [0.15, 0.2) is 0 Å². The van der Waals surface area contributed by atoms with Crippen molar-refractivity contribution in [3.05, 3.63) is 0 Å². The van der Waals surface area contributed by atoms with Crippen molar-refractivity contribution in [3.63, 3.8) is 0 Å². The fourth-order valence-corrected chi connectivity index (χ4v) is 3.21. The van der Waals surface area contributed by atoms with Crippen molar-refractivity contribution in [1.82, 2.24) is 5.06 Å². The van der Waals surface area contributed by atoms with Crippen molar-refractivity contribution in [2.24, 2.45) is 17.0 Å². The summed E-state index contributed by atoms with van der Waals surface area (Å²) in [4.78, 5) is 0. The monoisotopic (exact) mass is 234 g/mol. The molecule has 6 heteroatoms. The Labute approximate surface area is 90.8 Å². The summed E-state index contributed by atoms with van der Waals surface area (Å²) < 4.78 is 26.3. The average Bonchev–Trinajstić information content (AvgIpc) is 2.15. The first-order valence-electron chi connectivity index (χ1n) is 5.52. The molecule has 2 rings (SSSR count). The highest BCUT2D eigenvalue weighted by Crippen LogP contribution is 2.36. The maximum atomic E-state index is 10.8. The van der Waals surface area contributed by atoms with Gasteiger partial charge in [0.2, 0.25) is 0 Å². The molecular formula is C9H18N2O3S. The molecule has 0 aromatic heterocycles. The van der Waals surface area contributed by atoms with Gasteiger partial charge in [-0.15, -0.1) is 0 Å². The Hall–Kier alpha value is -0.170. The minimum Gasteiger partial charge on any atom is -0.204 e. The van der Waals surface area contributed by atoms with Gasteiger partial charge < -0.3 is 0 Å². The first-order chi connectivity index (χ1) is 7.04. The number of piperidine rings is 1. The molecule has 1 saturated heterocycles. The van der Waals surface area contributed by atoms with Crippen LogP contribution >= 0.6 is 0 Å². The van der Waals surface area contributed by atoms with E-state index in [4.69, 9.17) is 9.42 Å². The van der Waals surface area contributed by atoms with E-state index in [1.54, 1.807) is 0 Å². The smallest absolute Gasteiger partial charge is 0.204 e. The number of hydrogen-bond acceptors (Lipinski definition) is 4. The Morgan fingerprint density at radius 3 is 2.47 bits per heavy atom. The van der Waals surface area contributed by atoms with E-state index in [9.17, 15) is 8.42 Å². The predicted molar refractivity (Wildman–Crippen MR) is 55.8 cm³/mol. The van der Waals surface area contributed by atoms with Gasteiger partial charge >= 0.3 is 10.3 Å². The topological polar surface area (TPSA) is 72.6 Å². The predicted octanol–water partition coefficient (Wildman–Crippen LogP) is 0.634. The highest BCUT2D eigenvalue weighted by Gasteiger charge is 2.32. The molecule has 15 heavy (non-hydrogen) atoms. The van der Waals surface area contributed by atoms with E-state index in [0.29, 0.717) is 19.0 Å². The van der Waals surface area contributed by atoms with Crippen LogP contribution in [0.5, 0.6) is 0 Å². The third-order valence-electron chi connectivity index (χ3n) is 3.46. The average molecular weight is 234 g/mol. The van der Waals surface area contributed by atoms with Gasteiger partial charge in [0.25, 0.3) is 0 Å². The molecule has 2 unspecified atom stereocenters. The van der Waals surface area contributed by atoms with E-state index in [1.165, 1.54) is 30.7 Å². The third kappa shape index (κ3) is 3.14. The number of fused-ring (bicyclic) bond motifs is 1. The lowest BCUT2D eigenvalue weighted by atomic mass is 9.75. The lowest BCUT2D eigenvalue weighted by Gasteiger charge is -2.39. The zero-order chi connectivity index (χ0) is 10.9. The van der Waals surface area contributed by atoms with Crippen molar-refractivity contribution < 1.29 is 12.7 Å². The molecule has 0 bridgehead atoms. The molecule has 5 nitrogen and oxygen atoms in total. The molecule has 2 aliphatic rings. The second-order valence-electron chi connectivity index (χ2n) is 4.55. The van der Waals surface area contributed by atoms with Gasteiger partial charge in [-0.3, -0.25) is 0 Å². The molecule has 0 spiro atoms. The lowest BCUT2D eigenvalue weighted by Crippen LogP contribution is -2.43. The summed E-state index contributed by atoms with van der Waals surface area (Å²) in [5, 5.41) is 6.34. The fourth-order valence-electron chi connectivity index (χ4n) is 2.78. The van der Waals surface area contributed by atoms with E-state index < -0.39 is 10.3 Å². The van der Waals surface area contributed by atoms with Crippen molar-refractivity contribution in [2.75, 3.05) is 13.1 Å². The Balaban J connectivity index is 1.91. The van der Waals surface area contributed by atoms with Crippen molar-refractivity contribution >= 4 is 10.3 Å². The minimum absolute atomic E-state index is 0.592. The number of nitrogens with zero attached hydrogens (tertiary/aromatic N) is 1. The summed E-state index contributed by atoms with van der Waals surface area (Å²) in [7, 11) is -3.84. The van der Waals surface area contributed by atoms with E-state index >= 15 is 0 Å². The number of hydroxylamine groups is 2. The molecule has 0 aromatic rings. The van der Waals surface area contributed by atoms with Gasteiger partial charge in [0.15, 0.2) is 0 Å². The van der Waals surface area contributed by atoms with Gasteiger partial charge in [-0.25, -0.2) is 5.14 Å². The van der Waals surface area contributed by atoms with Gasteiger partial charge in [-0.2, -0.15) is 17.8 Å². The fraction of sp³-hybridized carbons (Fsp3) is 1.00. The first kappa shape index (κ1) is 11.3. The molecule has 88 valence electrons. The molecule has 2 atom stereocenters. The molecule has 1 aliphatic carbocycles. The Kier molecular flexibility index (Phi) is 3.30. The third-order valence-corrected chi connectivity index (χ3v) is 3.88. The van der Waals surface area contributed by atoms with Gasteiger partial charge in [0.05, 0.1) is 0 Å². The lowest BCUT2D eigenvalue weighted by molar-refractivity contribution is -0.102. The molecular weight excluding hydrogens is 216 g/mol. The normalized spacial score (nSPS) is 33.7. The second-order valence-corrected chi connectivity index (χ2v) is 5.68. The molecule has 1 aliphatic heterocycles. The summed E-state index contributed by atoms with van der Waals surface area (Å²) in [6.07, 6.45) is 6.07. The highest BCUT2D eigenvalue weighted by molar-refractivity contribution is 7.84. The Morgan fingerprint density at radius 2 is 1.80 bits per heavy atom. The van der Waals surface area contributed by atoms with Crippen LogP contribution < -0.4 is 5.14 Å². The van der Waals surface area contributed by atoms with Crippen molar-refractivity contribution in [1.29, 1.82) is 0 Å².